The van der Waals surface area contributed by atoms with Crippen molar-refractivity contribution in [3.8, 4) is 0 Å². The van der Waals surface area contributed by atoms with Crippen molar-refractivity contribution >= 4 is 35.4 Å². The fraction of sp³-hybridized carbons (Fsp3) is 0.893. The zero-order chi connectivity index (χ0) is 65.6. The van der Waals surface area contributed by atoms with E-state index in [2.05, 4.69) is 31.9 Å². The normalized spacial score (nSPS) is 32.2. The van der Waals surface area contributed by atoms with E-state index >= 15 is 0 Å². The third kappa shape index (κ3) is 26.5. The van der Waals surface area contributed by atoms with Crippen molar-refractivity contribution in [3.63, 3.8) is 0 Å². The van der Waals surface area contributed by atoms with Crippen molar-refractivity contribution < 1.29 is 128 Å². The SMILES string of the molecule is CCNC(=O)CCCCCCNC(=O)CN(CC(=O)NCCCCCC(=O)NCCO[C@H]1O[C@H](CO[C@H]2O[C@H](CO)[C@@H](O)[C@H](O)[C@@H]2O)[C@@H](O)[C@H](O[C@H]2O[C@H](CO)[C@@H](O)[C@H](O)[C@@H]2O)[C@@H]1C)CC(=O)NCCCCCC(=O)NCCO[C@@H]1O[C@@H](C)[C@@H](O)[C@@H](O)[C@@H]1O. The van der Waals surface area contributed by atoms with Gasteiger partial charge in [0, 0.05) is 64.4 Å². The largest absolute Gasteiger partial charge is 0.394 e. The second kappa shape index (κ2) is 41.5. The van der Waals surface area contributed by atoms with Crippen LogP contribution in [0.1, 0.15) is 104 Å². The molecule has 0 bridgehead atoms. The number of amides is 6. The molecule has 0 radical (unpaired) electrons. The zero-order valence-corrected chi connectivity index (χ0v) is 51.2. The van der Waals surface area contributed by atoms with Crippen molar-refractivity contribution in [2.75, 3.05) is 91.9 Å². The van der Waals surface area contributed by atoms with E-state index in [1.54, 1.807) is 6.92 Å². The summed E-state index contributed by atoms with van der Waals surface area (Å²) in [6.45, 7) is 3.57. The van der Waals surface area contributed by atoms with Gasteiger partial charge in [0.25, 0.3) is 0 Å². The Balaban J connectivity index is 1.17. The topological polar surface area (TPSA) is 494 Å². The van der Waals surface area contributed by atoms with Crippen molar-refractivity contribution in [3.05, 3.63) is 0 Å². The van der Waals surface area contributed by atoms with E-state index < -0.39 is 154 Å². The molecule has 4 aliphatic heterocycles. The first-order valence-corrected chi connectivity index (χ1v) is 31.0. The summed E-state index contributed by atoms with van der Waals surface area (Å²) in [5.74, 6) is -2.66. The van der Waals surface area contributed by atoms with Gasteiger partial charge in [0.1, 0.15) is 79.4 Å². The lowest BCUT2D eigenvalue weighted by Crippen LogP contribution is -2.63. The minimum absolute atomic E-state index is 0.00627. The summed E-state index contributed by atoms with van der Waals surface area (Å²) in [4.78, 5) is 77.5. The molecule has 516 valence electrons. The monoisotopic (exact) mass is 1290 g/mol. The first kappa shape index (κ1) is 77.4. The van der Waals surface area contributed by atoms with Crippen molar-refractivity contribution in [2.45, 2.75) is 221 Å². The van der Waals surface area contributed by atoms with Gasteiger partial charge in [0.2, 0.25) is 35.4 Å². The predicted octanol–water partition coefficient (Wildman–Crippen LogP) is -7.34. The molecular formula is C56H101N7O26. The molecule has 33 heteroatoms. The van der Waals surface area contributed by atoms with Gasteiger partial charge in [0.15, 0.2) is 25.2 Å². The smallest absolute Gasteiger partial charge is 0.234 e. The third-order valence-corrected chi connectivity index (χ3v) is 15.5. The highest BCUT2D eigenvalue weighted by Crippen LogP contribution is 2.34. The highest BCUT2D eigenvalue weighted by atomic mass is 16.7. The van der Waals surface area contributed by atoms with Gasteiger partial charge in [-0.15, -0.1) is 0 Å². The molecule has 20 atom stereocenters. The van der Waals surface area contributed by atoms with Crippen LogP contribution >= 0.6 is 0 Å². The van der Waals surface area contributed by atoms with Crippen LogP contribution in [0.15, 0.2) is 0 Å². The molecule has 0 spiro atoms. The number of unbranched alkanes of at least 4 members (excludes halogenated alkanes) is 7. The molecule has 33 nitrogen and oxygen atoms in total. The Labute approximate surface area is 517 Å². The van der Waals surface area contributed by atoms with Crippen LogP contribution in [0.4, 0.5) is 0 Å². The van der Waals surface area contributed by atoms with Crippen LogP contribution in [-0.2, 0) is 66.7 Å². The average molecular weight is 1290 g/mol. The molecule has 4 saturated heterocycles. The molecule has 18 N–H and O–H groups in total. The van der Waals surface area contributed by atoms with Crippen LogP contribution in [0.2, 0.25) is 0 Å². The number of hydrogen-bond acceptors (Lipinski definition) is 27. The Hall–Kier alpha value is -4.02. The second-order valence-corrected chi connectivity index (χ2v) is 22.8. The van der Waals surface area contributed by atoms with Crippen molar-refractivity contribution in [1.29, 1.82) is 0 Å². The molecule has 0 unspecified atom stereocenters. The van der Waals surface area contributed by atoms with Gasteiger partial charge in [-0.25, -0.2) is 0 Å². The van der Waals surface area contributed by atoms with Crippen molar-refractivity contribution in [1.82, 2.24) is 36.8 Å². The molecule has 0 aromatic heterocycles. The van der Waals surface area contributed by atoms with Gasteiger partial charge in [-0.2, -0.15) is 0 Å². The fourth-order valence-corrected chi connectivity index (χ4v) is 10.2. The summed E-state index contributed by atoms with van der Waals surface area (Å²) < 4.78 is 45.3. The Kier molecular flexibility index (Phi) is 36.1. The van der Waals surface area contributed by atoms with Crippen molar-refractivity contribution in [2.24, 2.45) is 5.92 Å². The molecule has 4 rings (SSSR count). The number of aliphatic hydroxyl groups is 12. The highest BCUT2D eigenvalue weighted by Gasteiger charge is 2.51. The van der Waals surface area contributed by atoms with Crippen LogP contribution in [0.25, 0.3) is 0 Å². The molecular weight excluding hydrogens is 1190 g/mol. The first-order valence-electron chi connectivity index (χ1n) is 31.0. The molecule has 0 saturated carbocycles. The number of aliphatic hydroxyl groups excluding tert-OH is 12. The van der Waals surface area contributed by atoms with Crippen LogP contribution in [0.5, 0.6) is 0 Å². The number of hydrogen-bond donors (Lipinski definition) is 18. The molecule has 6 amide bonds. The molecule has 4 fully saturated rings. The van der Waals surface area contributed by atoms with E-state index in [-0.39, 0.29) is 95.5 Å². The highest BCUT2D eigenvalue weighted by molar-refractivity contribution is 5.84. The van der Waals surface area contributed by atoms with Crippen LogP contribution in [-0.4, -0.2) is 310 Å². The maximum Gasteiger partial charge on any atom is 0.234 e. The average Bonchev–Trinajstić information content (AvgIpc) is 1.19. The summed E-state index contributed by atoms with van der Waals surface area (Å²) in [7, 11) is 0. The number of nitrogens with zero attached hydrogens (tertiary/aromatic N) is 1. The summed E-state index contributed by atoms with van der Waals surface area (Å²) in [5, 5.41) is 140. The summed E-state index contributed by atoms with van der Waals surface area (Å²) in [5.41, 5.74) is 0. The number of carbonyl (C=O) groups excluding carboxylic acids is 6. The van der Waals surface area contributed by atoms with Gasteiger partial charge >= 0.3 is 0 Å². The van der Waals surface area contributed by atoms with E-state index in [1.807, 2.05) is 6.92 Å². The molecule has 4 heterocycles. The van der Waals surface area contributed by atoms with E-state index in [4.69, 9.17) is 37.9 Å². The standard InChI is InChI=1S/C56H101N7O26/c1-4-57-36(66)15-9-5-6-12-18-58-39(69)25-63(27-41(71)60-20-14-8-11-17-38(68)62-22-24-83-54-49(79)46(76)42(72)32(3)85-54)26-40(70)59-19-13-7-10-16-37(67)61-21-23-82-53-31(2)52(89-56-51(81)48(78)44(74)34(29-65)87-56)45(75)35(88-53)30-84-55-50(80)47(77)43(73)33(28-64)86-55/h31-35,42-56,64-65,72-81H,4-30H2,1-3H3,(H,57,66)(H,58,69)(H,59,70)(H,60,71)(H,61,67)(H,62,68)/t31-,32-,33+,34+,35+,42+,43+,44+,45+,46+,47-,48-,49-,50-,51-,52+,53-,54+,55-,56+/m0/s1. The Morgan fingerprint density at radius 2 is 0.775 bits per heavy atom. The molecule has 89 heavy (non-hydrogen) atoms. The van der Waals surface area contributed by atoms with E-state index in [0.717, 1.165) is 19.3 Å². The molecule has 4 aliphatic rings. The van der Waals surface area contributed by atoms with Gasteiger partial charge in [-0.1, -0.05) is 32.6 Å². The van der Waals surface area contributed by atoms with Gasteiger partial charge in [-0.05, 0) is 52.4 Å². The van der Waals surface area contributed by atoms with E-state index in [9.17, 15) is 90.0 Å². The molecule has 0 aromatic rings. The number of nitrogens with one attached hydrogen (secondary N) is 6. The molecule has 0 aromatic carbocycles. The summed E-state index contributed by atoms with van der Waals surface area (Å²) in [6, 6.07) is 0. The maximum absolute atomic E-state index is 13.1. The quantitative estimate of drug-likeness (QED) is 0.0253. The first-order chi connectivity index (χ1) is 42.5. The zero-order valence-electron chi connectivity index (χ0n) is 51.2. The third-order valence-electron chi connectivity index (χ3n) is 15.5. The van der Waals surface area contributed by atoms with E-state index in [0.29, 0.717) is 64.5 Å². The lowest BCUT2D eigenvalue weighted by Gasteiger charge is -2.47. The summed E-state index contributed by atoms with van der Waals surface area (Å²) >= 11 is 0. The minimum atomic E-state index is -1.83. The predicted molar refractivity (Wildman–Crippen MR) is 307 cm³/mol. The Morgan fingerprint density at radius 1 is 0.393 bits per heavy atom. The lowest BCUT2D eigenvalue weighted by molar-refractivity contribution is -0.358. The molecule has 0 aliphatic carbocycles. The Bertz CT molecular complexity index is 2080. The van der Waals surface area contributed by atoms with Crippen LogP contribution in [0.3, 0.4) is 0 Å². The number of carbonyl (C=O) groups is 6. The minimum Gasteiger partial charge on any atom is -0.394 e. The maximum atomic E-state index is 13.1. The second-order valence-electron chi connectivity index (χ2n) is 22.8. The lowest BCUT2D eigenvalue weighted by atomic mass is 9.91. The Morgan fingerprint density at radius 3 is 1.25 bits per heavy atom. The fourth-order valence-electron chi connectivity index (χ4n) is 10.2. The van der Waals surface area contributed by atoms with Gasteiger partial charge in [0.05, 0.1) is 64.9 Å². The number of rotatable bonds is 41. The van der Waals surface area contributed by atoms with Crippen LogP contribution in [0, 0.1) is 5.92 Å². The van der Waals surface area contributed by atoms with Crippen LogP contribution < -0.4 is 31.9 Å². The van der Waals surface area contributed by atoms with Gasteiger partial charge < -0.3 is 131 Å². The number of ether oxygens (including phenoxy) is 8. The summed E-state index contributed by atoms with van der Waals surface area (Å²) in [6.07, 6.45) is -21.1. The van der Waals surface area contributed by atoms with E-state index in [1.165, 1.54) is 11.8 Å². The van der Waals surface area contributed by atoms with Gasteiger partial charge in [-0.3, -0.25) is 33.7 Å².